The van der Waals surface area contributed by atoms with Crippen LogP contribution in [0.5, 0.6) is 0 Å². The topological polar surface area (TPSA) is 12.0 Å². The second-order valence-corrected chi connectivity index (χ2v) is 3.88. The number of benzene rings is 1. The molecule has 0 radical (unpaired) electrons. The highest BCUT2D eigenvalue weighted by Crippen LogP contribution is 2.02. The maximum atomic E-state index is 5.79. The fourth-order valence-electron chi connectivity index (χ4n) is 1.22. The molecule has 0 aliphatic heterocycles. The third-order valence-electron chi connectivity index (χ3n) is 2.08. The standard InChI is InChI=1S/C11H15Cl2N/c12-7-6-11(8-13)14-9-10-4-2-1-3-5-10/h1-5,11,14H,6-9H2. The summed E-state index contributed by atoms with van der Waals surface area (Å²) in [5.41, 5.74) is 1.28. The van der Waals surface area contributed by atoms with Crippen LogP contribution in [0.2, 0.25) is 0 Å². The van der Waals surface area contributed by atoms with Crippen LogP contribution in [0.15, 0.2) is 30.3 Å². The van der Waals surface area contributed by atoms with Crippen LogP contribution in [0.25, 0.3) is 0 Å². The van der Waals surface area contributed by atoms with Gasteiger partial charge in [0.2, 0.25) is 0 Å². The maximum Gasteiger partial charge on any atom is 0.0377 e. The molecule has 78 valence electrons. The molecule has 1 rings (SSSR count). The molecule has 0 heterocycles. The Hall–Kier alpha value is -0.240. The number of hydrogen-bond donors (Lipinski definition) is 1. The first-order chi connectivity index (χ1) is 6.86. The molecule has 0 aromatic heterocycles. The van der Waals surface area contributed by atoms with Crippen molar-refractivity contribution in [1.29, 1.82) is 0 Å². The van der Waals surface area contributed by atoms with Gasteiger partial charge in [0, 0.05) is 24.3 Å². The van der Waals surface area contributed by atoms with Gasteiger partial charge in [-0.05, 0) is 12.0 Å². The zero-order valence-corrected chi connectivity index (χ0v) is 9.56. The minimum atomic E-state index is 0.314. The van der Waals surface area contributed by atoms with Crippen LogP contribution in [0.3, 0.4) is 0 Å². The van der Waals surface area contributed by atoms with Gasteiger partial charge in [-0.1, -0.05) is 30.3 Å². The van der Waals surface area contributed by atoms with Crippen molar-refractivity contribution >= 4 is 23.2 Å². The van der Waals surface area contributed by atoms with E-state index in [1.165, 1.54) is 5.56 Å². The van der Waals surface area contributed by atoms with E-state index in [-0.39, 0.29) is 0 Å². The molecule has 0 fully saturated rings. The summed E-state index contributed by atoms with van der Waals surface area (Å²) in [6.07, 6.45) is 0.915. The Morgan fingerprint density at radius 3 is 2.43 bits per heavy atom. The van der Waals surface area contributed by atoms with Gasteiger partial charge >= 0.3 is 0 Å². The summed E-state index contributed by atoms with van der Waals surface area (Å²) in [5, 5.41) is 3.37. The van der Waals surface area contributed by atoms with E-state index in [2.05, 4.69) is 17.4 Å². The Morgan fingerprint density at radius 2 is 1.86 bits per heavy atom. The van der Waals surface area contributed by atoms with E-state index in [0.717, 1.165) is 13.0 Å². The van der Waals surface area contributed by atoms with Gasteiger partial charge in [-0.25, -0.2) is 0 Å². The lowest BCUT2D eigenvalue weighted by atomic mass is 10.2. The second-order valence-electron chi connectivity index (χ2n) is 3.20. The third-order valence-corrected chi connectivity index (χ3v) is 2.67. The number of halogens is 2. The van der Waals surface area contributed by atoms with Gasteiger partial charge in [0.1, 0.15) is 0 Å². The summed E-state index contributed by atoms with van der Waals surface area (Å²) in [6, 6.07) is 10.6. The lowest BCUT2D eigenvalue weighted by Crippen LogP contribution is -2.30. The summed E-state index contributed by atoms with van der Waals surface area (Å²) in [4.78, 5) is 0. The van der Waals surface area contributed by atoms with Gasteiger partial charge < -0.3 is 5.32 Å². The van der Waals surface area contributed by atoms with Gasteiger partial charge in [0.05, 0.1) is 0 Å². The molecule has 1 aromatic carbocycles. The highest BCUT2D eigenvalue weighted by molar-refractivity contribution is 6.19. The molecule has 0 amide bonds. The fourth-order valence-corrected chi connectivity index (χ4v) is 1.75. The second kappa shape index (κ2) is 7.10. The van der Waals surface area contributed by atoms with Crippen molar-refractivity contribution in [3.8, 4) is 0 Å². The summed E-state index contributed by atoms with van der Waals surface area (Å²) in [6.45, 7) is 0.856. The van der Waals surface area contributed by atoms with Crippen LogP contribution in [0.1, 0.15) is 12.0 Å². The number of hydrogen-bond acceptors (Lipinski definition) is 1. The molecule has 1 N–H and O–H groups in total. The van der Waals surface area contributed by atoms with Crippen LogP contribution in [0, 0.1) is 0 Å². The molecule has 0 bridgehead atoms. The van der Waals surface area contributed by atoms with Gasteiger partial charge in [-0.2, -0.15) is 0 Å². The Labute approximate surface area is 95.4 Å². The van der Waals surface area contributed by atoms with E-state index in [1.54, 1.807) is 0 Å². The molecule has 3 heteroatoms. The molecule has 1 aromatic rings. The van der Waals surface area contributed by atoms with Crippen molar-refractivity contribution in [2.75, 3.05) is 11.8 Å². The molecule has 1 atom stereocenters. The molecule has 14 heavy (non-hydrogen) atoms. The number of alkyl halides is 2. The molecule has 0 spiro atoms. The Kier molecular flexibility index (Phi) is 6.00. The summed E-state index contributed by atoms with van der Waals surface area (Å²) in [5.74, 6) is 1.26. The molecule has 0 saturated heterocycles. The van der Waals surface area contributed by atoms with Crippen molar-refractivity contribution in [3.63, 3.8) is 0 Å². The normalized spacial score (nSPS) is 12.7. The highest BCUT2D eigenvalue weighted by atomic mass is 35.5. The first-order valence-corrected chi connectivity index (χ1v) is 5.83. The SMILES string of the molecule is ClCCC(CCl)NCc1ccccc1. The van der Waals surface area contributed by atoms with Crippen molar-refractivity contribution in [2.45, 2.75) is 19.0 Å². The van der Waals surface area contributed by atoms with Crippen LogP contribution < -0.4 is 5.32 Å². The van der Waals surface area contributed by atoms with Crippen molar-refractivity contribution < 1.29 is 0 Å². The number of nitrogens with one attached hydrogen (secondary N) is 1. The van der Waals surface area contributed by atoms with Crippen LogP contribution in [-0.4, -0.2) is 17.8 Å². The molecular weight excluding hydrogens is 217 g/mol. The molecule has 0 saturated carbocycles. The average Bonchev–Trinajstić information content (AvgIpc) is 2.25. The van der Waals surface area contributed by atoms with Crippen LogP contribution in [-0.2, 0) is 6.54 Å². The third kappa shape index (κ3) is 4.32. The van der Waals surface area contributed by atoms with Gasteiger partial charge in [-0.3, -0.25) is 0 Å². The summed E-state index contributed by atoms with van der Waals surface area (Å²) < 4.78 is 0. The predicted molar refractivity (Wildman–Crippen MR) is 63.1 cm³/mol. The molecule has 0 aliphatic carbocycles. The molecule has 1 nitrogen and oxygen atoms in total. The summed E-state index contributed by atoms with van der Waals surface area (Å²) >= 11 is 11.4. The predicted octanol–water partition coefficient (Wildman–Crippen LogP) is 3.01. The van der Waals surface area contributed by atoms with Crippen LogP contribution >= 0.6 is 23.2 Å². The first-order valence-electron chi connectivity index (χ1n) is 4.76. The van der Waals surface area contributed by atoms with E-state index in [4.69, 9.17) is 23.2 Å². The zero-order chi connectivity index (χ0) is 10.2. The van der Waals surface area contributed by atoms with E-state index < -0.39 is 0 Å². The minimum absolute atomic E-state index is 0.314. The Balaban J connectivity index is 2.32. The lowest BCUT2D eigenvalue weighted by molar-refractivity contribution is 0.541. The first kappa shape index (κ1) is 11.8. The van der Waals surface area contributed by atoms with Crippen molar-refractivity contribution in [1.82, 2.24) is 5.32 Å². The number of rotatable bonds is 6. The van der Waals surface area contributed by atoms with Crippen LogP contribution in [0.4, 0.5) is 0 Å². The largest absolute Gasteiger partial charge is 0.309 e. The van der Waals surface area contributed by atoms with Gasteiger partial charge in [-0.15, -0.1) is 23.2 Å². The van der Waals surface area contributed by atoms with Gasteiger partial charge in [0.15, 0.2) is 0 Å². The van der Waals surface area contributed by atoms with Crippen molar-refractivity contribution in [2.24, 2.45) is 0 Å². The zero-order valence-electron chi connectivity index (χ0n) is 8.05. The highest BCUT2D eigenvalue weighted by Gasteiger charge is 2.04. The quantitative estimate of drug-likeness (QED) is 0.743. The Bertz CT molecular complexity index is 238. The van der Waals surface area contributed by atoms with E-state index in [1.807, 2.05) is 18.2 Å². The summed E-state index contributed by atoms with van der Waals surface area (Å²) in [7, 11) is 0. The Morgan fingerprint density at radius 1 is 1.14 bits per heavy atom. The maximum absolute atomic E-state index is 5.79. The van der Waals surface area contributed by atoms with E-state index in [9.17, 15) is 0 Å². The molecule has 0 aliphatic rings. The monoisotopic (exact) mass is 231 g/mol. The smallest absolute Gasteiger partial charge is 0.0377 e. The molecular formula is C11H15Cl2N. The average molecular weight is 232 g/mol. The lowest BCUT2D eigenvalue weighted by Gasteiger charge is -2.14. The minimum Gasteiger partial charge on any atom is -0.309 e. The van der Waals surface area contributed by atoms with Gasteiger partial charge in [0.25, 0.3) is 0 Å². The fraction of sp³-hybridized carbons (Fsp3) is 0.455. The van der Waals surface area contributed by atoms with Crippen molar-refractivity contribution in [3.05, 3.63) is 35.9 Å². The van der Waals surface area contributed by atoms with E-state index >= 15 is 0 Å². The molecule has 1 unspecified atom stereocenters. The van der Waals surface area contributed by atoms with E-state index in [0.29, 0.717) is 17.8 Å².